The quantitative estimate of drug-likeness (QED) is 0.861. The third-order valence-corrected chi connectivity index (χ3v) is 4.00. The van der Waals surface area contributed by atoms with E-state index in [9.17, 15) is 9.59 Å². The topological polar surface area (TPSA) is 92.0 Å². The minimum Gasteiger partial charge on any atom is -0.475 e. The zero-order valence-electron chi connectivity index (χ0n) is 13.4. The van der Waals surface area contributed by atoms with Gasteiger partial charge in [0.15, 0.2) is 0 Å². The Morgan fingerprint density at radius 2 is 2.21 bits per heavy atom. The minimum absolute atomic E-state index is 0.0149. The second-order valence-corrected chi connectivity index (χ2v) is 5.95. The lowest BCUT2D eigenvalue weighted by Crippen LogP contribution is -2.46. The van der Waals surface area contributed by atoms with Crippen LogP contribution in [0.5, 0.6) is 0 Å². The fourth-order valence-corrected chi connectivity index (χ4v) is 2.86. The lowest BCUT2D eigenvalue weighted by molar-refractivity contribution is -0.120. The molecule has 1 aliphatic heterocycles. The summed E-state index contributed by atoms with van der Waals surface area (Å²) in [5, 5.41) is 12.6. The smallest absolute Gasteiger partial charge is 0.371 e. The molecule has 128 valence electrons. The van der Waals surface area contributed by atoms with Crippen LogP contribution in [0.3, 0.4) is 0 Å². The number of nitrogens with zero attached hydrogens (tertiary/aromatic N) is 1. The summed E-state index contributed by atoms with van der Waals surface area (Å²) in [5.74, 6) is -1.18. The van der Waals surface area contributed by atoms with E-state index < -0.39 is 5.97 Å². The number of carboxylic acid groups (broad SMARTS) is 1. The standard InChI is InChI=1S/C17H20N2O5/c1-11(20)18-8-14-10-19(4-5-23-14)9-12-2-3-15-13(6-12)7-16(24-15)17(21)22/h2-3,6-7,14H,4-5,8-10H2,1H3,(H,18,20)(H,21,22). The van der Waals surface area contributed by atoms with Crippen molar-refractivity contribution in [1.82, 2.24) is 10.2 Å². The van der Waals surface area contributed by atoms with Crippen molar-refractivity contribution in [3.63, 3.8) is 0 Å². The van der Waals surface area contributed by atoms with E-state index >= 15 is 0 Å². The average molecular weight is 332 g/mol. The molecular weight excluding hydrogens is 312 g/mol. The van der Waals surface area contributed by atoms with Gasteiger partial charge in [-0.05, 0) is 23.8 Å². The van der Waals surface area contributed by atoms with Crippen molar-refractivity contribution in [1.29, 1.82) is 0 Å². The Balaban J connectivity index is 1.65. The molecule has 1 aromatic carbocycles. The van der Waals surface area contributed by atoms with Gasteiger partial charge in [0.1, 0.15) is 5.58 Å². The average Bonchev–Trinajstić information content (AvgIpc) is 2.97. The molecule has 24 heavy (non-hydrogen) atoms. The number of carbonyl (C=O) groups is 2. The predicted molar refractivity (Wildman–Crippen MR) is 86.9 cm³/mol. The van der Waals surface area contributed by atoms with E-state index in [4.69, 9.17) is 14.3 Å². The maximum absolute atomic E-state index is 11.0. The number of furan rings is 1. The van der Waals surface area contributed by atoms with Gasteiger partial charge in [-0.2, -0.15) is 0 Å². The summed E-state index contributed by atoms with van der Waals surface area (Å²) in [7, 11) is 0. The Morgan fingerprint density at radius 3 is 2.96 bits per heavy atom. The van der Waals surface area contributed by atoms with Gasteiger partial charge in [0, 0.05) is 38.5 Å². The molecule has 1 unspecified atom stereocenters. The summed E-state index contributed by atoms with van der Waals surface area (Å²) in [6.45, 7) is 4.93. The minimum atomic E-state index is -1.07. The second-order valence-electron chi connectivity index (χ2n) is 5.95. The highest BCUT2D eigenvalue weighted by atomic mass is 16.5. The molecule has 1 fully saturated rings. The fraction of sp³-hybridized carbons (Fsp3) is 0.412. The number of aromatic carboxylic acids is 1. The molecule has 1 aromatic heterocycles. The molecule has 7 heteroatoms. The molecule has 3 rings (SSSR count). The van der Waals surface area contributed by atoms with Crippen LogP contribution in [0, 0.1) is 0 Å². The SMILES string of the molecule is CC(=O)NCC1CN(Cc2ccc3oc(C(=O)O)cc3c2)CCO1. The number of amides is 1. The van der Waals surface area contributed by atoms with Crippen molar-refractivity contribution in [2.75, 3.05) is 26.2 Å². The first kappa shape index (κ1) is 16.5. The molecule has 0 radical (unpaired) electrons. The van der Waals surface area contributed by atoms with Crippen LogP contribution in [-0.4, -0.2) is 54.2 Å². The van der Waals surface area contributed by atoms with Gasteiger partial charge >= 0.3 is 5.97 Å². The van der Waals surface area contributed by atoms with Crippen LogP contribution in [0.2, 0.25) is 0 Å². The van der Waals surface area contributed by atoms with Gasteiger partial charge in [-0.25, -0.2) is 4.79 Å². The first-order valence-electron chi connectivity index (χ1n) is 7.85. The van der Waals surface area contributed by atoms with Crippen molar-refractivity contribution >= 4 is 22.8 Å². The number of carboxylic acids is 1. The van der Waals surface area contributed by atoms with E-state index in [1.165, 1.54) is 6.92 Å². The lowest BCUT2D eigenvalue weighted by Gasteiger charge is -2.33. The molecule has 2 heterocycles. The molecule has 0 saturated carbocycles. The highest BCUT2D eigenvalue weighted by Gasteiger charge is 2.21. The van der Waals surface area contributed by atoms with Crippen LogP contribution in [0.25, 0.3) is 11.0 Å². The van der Waals surface area contributed by atoms with Gasteiger partial charge in [-0.3, -0.25) is 9.69 Å². The van der Waals surface area contributed by atoms with Crippen molar-refractivity contribution in [2.45, 2.75) is 19.6 Å². The van der Waals surface area contributed by atoms with E-state index in [-0.39, 0.29) is 17.8 Å². The Kier molecular flexibility index (Phi) is 4.82. The van der Waals surface area contributed by atoms with Gasteiger partial charge in [0.25, 0.3) is 0 Å². The van der Waals surface area contributed by atoms with Crippen molar-refractivity contribution in [3.05, 3.63) is 35.6 Å². The number of carbonyl (C=O) groups excluding carboxylic acids is 1. The molecule has 1 aliphatic rings. The molecule has 7 nitrogen and oxygen atoms in total. The maximum atomic E-state index is 11.0. The molecule has 1 saturated heterocycles. The van der Waals surface area contributed by atoms with Crippen molar-refractivity contribution < 1.29 is 23.8 Å². The van der Waals surface area contributed by atoms with E-state index in [2.05, 4.69) is 10.2 Å². The second kappa shape index (κ2) is 7.02. The van der Waals surface area contributed by atoms with Gasteiger partial charge in [0.2, 0.25) is 11.7 Å². The summed E-state index contributed by atoms with van der Waals surface area (Å²) >= 11 is 0. The first-order chi connectivity index (χ1) is 11.5. The number of hydrogen-bond donors (Lipinski definition) is 2. The molecule has 2 N–H and O–H groups in total. The van der Waals surface area contributed by atoms with Crippen LogP contribution in [0.15, 0.2) is 28.7 Å². The third-order valence-electron chi connectivity index (χ3n) is 4.00. The molecular formula is C17H20N2O5. The molecule has 0 aliphatic carbocycles. The fourth-order valence-electron chi connectivity index (χ4n) is 2.86. The van der Waals surface area contributed by atoms with Crippen molar-refractivity contribution in [2.24, 2.45) is 0 Å². The summed E-state index contributed by atoms with van der Waals surface area (Å²) in [6.07, 6.45) is -0.0149. The lowest BCUT2D eigenvalue weighted by atomic mass is 10.1. The largest absolute Gasteiger partial charge is 0.475 e. The van der Waals surface area contributed by atoms with Gasteiger partial charge in [-0.15, -0.1) is 0 Å². The molecule has 1 amide bonds. The summed E-state index contributed by atoms with van der Waals surface area (Å²) < 4.78 is 10.9. The highest BCUT2D eigenvalue weighted by molar-refractivity contribution is 5.91. The molecule has 0 spiro atoms. The van der Waals surface area contributed by atoms with Crippen LogP contribution in [0.4, 0.5) is 0 Å². The highest BCUT2D eigenvalue weighted by Crippen LogP contribution is 2.22. The first-order valence-corrected chi connectivity index (χ1v) is 7.85. The van der Waals surface area contributed by atoms with Gasteiger partial charge < -0.3 is 19.6 Å². The number of nitrogens with one attached hydrogen (secondary N) is 1. The number of benzene rings is 1. The summed E-state index contributed by atoms with van der Waals surface area (Å²) in [5.41, 5.74) is 1.65. The maximum Gasteiger partial charge on any atom is 0.371 e. The molecule has 2 aromatic rings. The number of rotatable bonds is 5. The van der Waals surface area contributed by atoms with E-state index in [0.29, 0.717) is 18.7 Å². The van der Waals surface area contributed by atoms with Crippen LogP contribution >= 0.6 is 0 Å². The van der Waals surface area contributed by atoms with E-state index in [0.717, 1.165) is 30.6 Å². The van der Waals surface area contributed by atoms with Gasteiger partial charge in [-0.1, -0.05) is 6.07 Å². The Bertz CT molecular complexity index is 755. The Hall–Kier alpha value is -2.38. The third kappa shape index (κ3) is 3.93. The van der Waals surface area contributed by atoms with Crippen molar-refractivity contribution in [3.8, 4) is 0 Å². The number of fused-ring (bicyclic) bond motifs is 1. The normalized spacial score (nSPS) is 18.6. The van der Waals surface area contributed by atoms with Crippen LogP contribution < -0.4 is 5.32 Å². The van der Waals surface area contributed by atoms with Crippen LogP contribution in [-0.2, 0) is 16.1 Å². The Labute approximate surface area is 139 Å². The zero-order chi connectivity index (χ0) is 17.1. The van der Waals surface area contributed by atoms with Gasteiger partial charge in [0.05, 0.1) is 12.7 Å². The van der Waals surface area contributed by atoms with E-state index in [1.807, 2.05) is 12.1 Å². The summed E-state index contributed by atoms with van der Waals surface area (Å²) in [4.78, 5) is 24.2. The van der Waals surface area contributed by atoms with Crippen LogP contribution in [0.1, 0.15) is 23.0 Å². The number of ether oxygens (including phenoxy) is 1. The molecule has 0 bridgehead atoms. The summed E-state index contributed by atoms with van der Waals surface area (Å²) in [6, 6.07) is 7.23. The molecule has 1 atom stereocenters. The predicted octanol–water partition coefficient (Wildman–Crippen LogP) is 1.47. The monoisotopic (exact) mass is 332 g/mol. The Morgan fingerprint density at radius 1 is 1.38 bits per heavy atom. The number of morpholine rings is 1. The zero-order valence-corrected chi connectivity index (χ0v) is 13.4. The van der Waals surface area contributed by atoms with E-state index in [1.54, 1.807) is 12.1 Å². The number of hydrogen-bond acceptors (Lipinski definition) is 5.